The molecule has 0 saturated carbocycles. The summed E-state index contributed by atoms with van der Waals surface area (Å²) in [5.74, 6) is 0. The van der Waals surface area contributed by atoms with Gasteiger partial charge < -0.3 is 10.2 Å². The molecule has 0 amide bonds. The number of aromatic nitrogens is 2. The average Bonchev–Trinajstić information content (AvgIpc) is 2.64. The van der Waals surface area contributed by atoms with E-state index in [1.54, 1.807) is 12.5 Å². The largest absolute Gasteiger partial charge is 0.439 e. The fourth-order valence-corrected chi connectivity index (χ4v) is 2.01. The number of aryl methyl sites for hydroxylation is 1. The van der Waals surface area contributed by atoms with Crippen LogP contribution in [0.1, 0.15) is 24.2 Å². The zero-order valence-electron chi connectivity index (χ0n) is 9.18. The van der Waals surface area contributed by atoms with Crippen LogP contribution in [0.3, 0.4) is 0 Å². The van der Waals surface area contributed by atoms with E-state index < -0.39 is 0 Å². The zero-order valence-corrected chi connectivity index (χ0v) is 9.99. The summed E-state index contributed by atoms with van der Waals surface area (Å²) in [6.45, 7) is 3.83. The molecule has 1 atom stereocenters. The molecule has 2 rings (SSSR count). The predicted molar refractivity (Wildman–Crippen MR) is 62.2 cm³/mol. The van der Waals surface area contributed by atoms with E-state index in [0.29, 0.717) is 5.22 Å². The minimum Gasteiger partial charge on any atom is -0.439 e. The average molecular weight is 235 g/mol. The molecule has 0 aliphatic carbocycles. The Morgan fingerprint density at radius 1 is 1.50 bits per heavy atom. The molecule has 2 aromatic heterocycles. The van der Waals surface area contributed by atoms with E-state index in [4.69, 9.17) is 10.2 Å². The second-order valence-corrected chi connectivity index (χ2v) is 4.54. The Labute approximate surface area is 98.3 Å². The molecule has 0 aliphatic heterocycles. The number of oxazole rings is 1. The second-order valence-electron chi connectivity index (χ2n) is 3.57. The van der Waals surface area contributed by atoms with Crippen molar-refractivity contribution in [3.05, 3.63) is 35.9 Å². The molecule has 0 bridgehead atoms. The Kier molecular flexibility index (Phi) is 3.26. The molecule has 2 heterocycles. The van der Waals surface area contributed by atoms with E-state index >= 15 is 0 Å². The molecule has 84 valence electrons. The minimum atomic E-state index is 0.00801. The van der Waals surface area contributed by atoms with Crippen LogP contribution in [-0.4, -0.2) is 9.97 Å². The maximum Gasteiger partial charge on any atom is 0.262 e. The quantitative estimate of drug-likeness (QED) is 0.885. The number of rotatable bonds is 3. The van der Waals surface area contributed by atoms with Gasteiger partial charge >= 0.3 is 0 Å². The van der Waals surface area contributed by atoms with Crippen LogP contribution >= 0.6 is 11.8 Å². The second kappa shape index (κ2) is 4.67. The van der Waals surface area contributed by atoms with Crippen LogP contribution in [0.5, 0.6) is 0 Å². The van der Waals surface area contributed by atoms with Crippen LogP contribution < -0.4 is 5.73 Å². The highest BCUT2D eigenvalue weighted by atomic mass is 32.2. The lowest BCUT2D eigenvalue weighted by atomic mass is 10.1. The third-order valence-corrected chi connectivity index (χ3v) is 2.87. The summed E-state index contributed by atoms with van der Waals surface area (Å²) in [6, 6.07) is 3.87. The van der Waals surface area contributed by atoms with Gasteiger partial charge in [-0.15, -0.1) is 0 Å². The fourth-order valence-electron chi connectivity index (χ4n) is 1.23. The van der Waals surface area contributed by atoms with Crippen molar-refractivity contribution in [2.24, 2.45) is 5.73 Å². The number of pyridine rings is 1. The topological polar surface area (TPSA) is 64.9 Å². The van der Waals surface area contributed by atoms with Crippen molar-refractivity contribution >= 4 is 11.8 Å². The van der Waals surface area contributed by atoms with E-state index in [9.17, 15) is 0 Å². The van der Waals surface area contributed by atoms with Crippen molar-refractivity contribution in [3.8, 4) is 0 Å². The van der Waals surface area contributed by atoms with Crippen molar-refractivity contribution in [2.45, 2.75) is 30.1 Å². The van der Waals surface area contributed by atoms with Crippen LogP contribution in [0, 0.1) is 6.92 Å². The predicted octanol–water partition coefficient (Wildman–Crippen LogP) is 2.55. The number of nitrogens with zero attached hydrogens (tertiary/aromatic N) is 2. The highest BCUT2D eigenvalue weighted by molar-refractivity contribution is 7.99. The summed E-state index contributed by atoms with van der Waals surface area (Å²) in [5.41, 5.74) is 7.73. The number of hydrogen-bond acceptors (Lipinski definition) is 5. The third-order valence-electron chi connectivity index (χ3n) is 2.07. The molecule has 5 heteroatoms. The van der Waals surface area contributed by atoms with Crippen molar-refractivity contribution < 1.29 is 4.42 Å². The Hall–Kier alpha value is -1.33. The molecule has 2 N–H and O–H groups in total. The van der Waals surface area contributed by atoms with Crippen molar-refractivity contribution in [1.82, 2.24) is 9.97 Å². The highest BCUT2D eigenvalue weighted by Gasteiger charge is 2.06. The van der Waals surface area contributed by atoms with Gasteiger partial charge in [0.05, 0.1) is 5.69 Å². The first-order chi connectivity index (χ1) is 7.65. The molecule has 2 aromatic rings. The van der Waals surface area contributed by atoms with Gasteiger partial charge in [-0.3, -0.25) is 0 Å². The summed E-state index contributed by atoms with van der Waals surface area (Å²) in [6.07, 6.45) is 3.37. The van der Waals surface area contributed by atoms with Crippen molar-refractivity contribution in [1.29, 1.82) is 0 Å². The smallest absolute Gasteiger partial charge is 0.262 e. The van der Waals surface area contributed by atoms with E-state index in [0.717, 1.165) is 16.3 Å². The Morgan fingerprint density at radius 2 is 2.31 bits per heavy atom. The van der Waals surface area contributed by atoms with Gasteiger partial charge in [0.25, 0.3) is 5.22 Å². The third kappa shape index (κ3) is 2.62. The molecule has 16 heavy (non-hydrogen) atoms. The standard InChI is InChI=1S/C11H13N3OS/c1-7-6-15-11(14-7)16-10-5-9(8(2)12)3-4-13-10/h3-6,8H,12H2,1-2H3/t8-/m0/s1. The summed E-state index contributed by atoms with van der Waals surface area (Å²) in [5, 5.41) is 1.45. The van der Waals surface area contributed by atoms with Crippen molar-refractivity contribution in [2.75, 3.05) is 0 Å². The summed E-state index contributed by atoms with van der Waals surface area (Å²) >= 11 is 1.40. The molecule has 0 fully saturated rings. The normalized spacial score (nSPS) is 12.7. The van der Waals surface area contributed by atoms with Crippen LogP contribution in [0.4, 0.5) is 0 Å². The minimum absolute atomic E-state index is 0.00801. The molecule has 0 unspecified atom stereocenters. The molecule has 0 aromatic carbocycles. The summed E-state index contributed by atoms with van der Waals surface area (Å²) in [4.78, 5) is 8.44. The van der Waals surface area contributed by atoms with Gasteiger partial charge in [0.1, 0.15) is 11.3 Å². The first-order valence-electron chi connectivity index (χ1n) is 4.96. The van der Waals surface area contributed by atoms with Crippen LogP contribution in [0.2, 0.25) is 0 Å². The summed E-state index contributed by atoms with van der Waals surface area (Å²) in [7, 11) is 0. The fraction of sp³-hybridized carbons (Fsp3) is 0.273. The first kappa shape index (κ1) is 11.2. The summed E-state index contributed by atoms with van der Waals surface area (Å²) < 4.78 is 5.25. The highest BCUT2D eigenvalue weighted by Crippen LogP contribution is 2.26. The lowest BCUT2D eigenvalue weighted by molar-refractivity contribution is 0.454. The van der Waals surface area contributed by atoms with Crippen LogP contribution in [-0.2, 0) is 0 Å². The van der Waals surface area contributed by atoms with Gasteiger partial charge in [-0.2, -0.15) is 0 Å². The van der Waals surface area contributed by atoms with E-state index in [1.807, 2.05) is 26.0 Å². The van der Waals surface area contributed by atoms with Crippen LogP contribution in [0.15, 0.2) is 39.3 Å². The molecule has 0 radical (unpaired) electrons. The molecule has 0 aliphatic rings. The van der Waals surface area contributed by atoms with E-state index in [-0.39, 0.29) is 6.04 Å². The van der Waals surface area contributed by atoms with E-state index in [2.05, 4.69) is 9.97 Å². The van der Waals surface area contributed by atoms with Crippen LogP contribution in [0.25, 0.3) is 0 Å². The SMILES string of the molecule is Cc1coc(Sc2cc([C@H](C)N)ccn2)n1. The van der Waals surface area contributed by atoms with Gasteiger partial charge in [-0.25, -0.2) is 9.97 Å². The van der Waals surface area contributed by atoms with Gasteiger partial charge in [0, 0.05) is 12.2 Å². The molecular weight excluding hydrogens is 222 g/mol. The lowest BCUT2D eigenvalue weighted by Gasteiger charge is -2.05. The molecule has 0 spiro atoms. The maximum absolute atomic E-state index is 5.80. The van der Waals surface area contributed by atoms with Gasteiger partial charge in [-0.1, -0.05) is 0 Å². The number of hydrogen-bond donors (Lipinski definition) is 1. The number of nitrogens with two attached hydrogens (primary N) is 1. The maximum atomic E-state index is 5.80. The Morgan fingerprint density at radius 3 is 2.94 bits per heavy atom. The van der Waals surface area contributed by atoms with Crippen molar-refractivity contribution in [3.63, 3.8) is 0 Å². The first-order valence-corrected chi connectivity index (χ1v) is 5.78. The van der Waals surface area contributed by atoms with Gasteiger partial charge in [0.15, 0.2) is 0 Å². The lowest BCUT2D eigenvalue weighted by Crippen LogP contribution is -2.04. The monoisotopic (exact) mass is 235 g/mol. The molecule has 0 saturated heterocycles. The zero-order chi connectivity index (χ0) is 11.5. The van der Waals surface area contributed by atoms with Gasteiger partial charge in [0.2, 0.25) is 0 Å². The Bertz CT molecular complexity index is 482. The molecule has 4 nitrogen and oxygen atoms in total. The van der Waals surface area contributed by atoms with E-state index in [1.165, 1.54) is 11.8 Å². The van der Waals surface area contributed by atoms with Gasteiger partial charge in [-0.05, 0) is 43.3 Å². The Balaban J connectivity index is 2.18. The molecular formula is C11H13N3OS.